The van der Waals surface area contributed by atoms with Crippen LogP contribution >= 0.6 is 0 Å². The molecular weight excluding hydrogens is 362 g/mol. The second-order valence-electron chi connectivity index (χ2n) is 7.08. The van der Waals surface area contributed by atoms with E-state index in [1.165, 1.54) is 7.11 Å². The number of carbonyl (C=O) groups is 3. The summed E-state index contributed by atoms with van der Waals surface area (Å²) in [5.41, 5.74) is 0.381. The van der Waals surface area contributed by atoms with Crippen LogP contribution in [0.15, 0.2) is 24.3 Å². The number of esters is 1. The Labute approximate surface area is 164 Å². The number of aldehydes is 1. The summed E-state index contributed by atoms with van der Waals surface area (Å²) in [6.07, 6.45) is -0.222. The van der Waals surface area contributed by atoms with Crippen LogP contribution in [-0.2, 0) is 9.47 Å². The van der Waals surface area contributed by atoms with Crippen molar-refractivity contribution in [2.75, 3.05) is 13.7 Å². The number of benzene rings is 1. The molecule has 28 heavy (non-hydrogen) atoms. The van der Waals surface area contributed by atoms with Gasteiger partial charge in [-0.15, -0.1) is 0 Å². The van der Waals surface area contributed by atoms with Crippen molar-refractivity contribution >= 4 is 18.3 Å². The van der Waals surface area contributed by atoms with Crippen molar-refractivity contribution < 1.29 is 28.6 Å². The molecule has 0 N–H and O–H groups in total. The molecule has 7 nitrogen and oxygen atoms in total. The van der Waals surface area contributed by atoms with Gasteiger partial charge in [-0.3, -0.25) is 4.79 Å². The first-order valence-corrected chi connectivity index (χ1v) is 8.90. The third-order valence-corrected chi connectivity index (χ3v) is 3.99. The van der Waals surface area contributed by atoms with Crippen LogP contribution in [0.4, 0.5) is 4.79 Å². The van der Waals surface area contributed by atoms with Crippen LogP contribution in [0.2, 0.25) is 0 Å². The van der Waals surface area contributed by atoms with Crippen LogP contribution in [0.1, 0.15) is 54.2 Å². The first-order chi connectivity index (χ1) is 13.2. The quantitative estimate of drug-likeness (QED) is 0.563. The van der Waals surface area contributed by atoms with E-state index in [9.17, 15) is 14.4 Å². The van der Waals surface area contributed by atoms with Gasteiger partial charge in [-0.1, -0.05) is 18.2 Å². The van der Waals surface area contributed by atoms with Crippen molar-refractivity contribution in [2.45, 2.75) is 40.2 Å². The minimum atomic E-state index is -0.775. The Morgan fingerprint density at radius 3 is 2.36 bits per heavy atom. The van der Waals surface area contributed by atoms with Gasteiger partial charge in [-0.25, -0.2) is 14.2 Å². The molecule has 0 radical (unpaired) electrons. The fraction of sp³-hybridized carbons (Fsp3) is 0.381. The Morgan fingerprint density at radius 2 is 1.82 bits per heavy atom. The van der Waals surface area contributed by atoms with Gasteiger partial charge in [0.05, 0.1) is 19.3 Å². The predicted octanol–water partition coefficient (Wildman–Crippen LogP) is 4.24. The summed E-state index contributed by atoms with van der Waals surface area (Å²) in [6, 6.07) is 6.94. The second kappa shape index (κ2) is 8.29. The van der Waals surface area contributed by atoms with E-state index in [2.05, 4.69) is 0 Å². The zero-order valence-electron chi connectivity index (χ0n) is 17.0. The van der Waals surface area contributed by atoms with E-state index in [1.807, 2.05) is 0 Å². The van der Waals surface area contributed by atoms with Crippen molar-refractivity contribution in [1.29, 1.82) is 0 Å². The molecule has 1 aromatic carbocycles. The van der Waals surface area contributed by atoms with Gasteiger partial charge in [-0.05, 0) is 40.7 Å². The summed E-state index contributed by atoms with van der Waals surface area (Å²) in [5.74, 6) is -0.177. The lowest BCUT2D eigenvalue weighted by Gasteiger charge is -2.20. The molecule has 0 aliphatic heterocycles. The number of para-hydroxylation sites is 1. The summed E-state index contributed by atoms with van der Waals surface area (Å²) < 4.78 is 17.1. The van der Waals surface area contributed by atoms with E-state index in [0.717, 1.165) is 4.57 Å². The van der Waals surface area contributed by atoms with Crippen molar-refractivity contribution in [3.63, 3.8) is 0 Å². The highest BCUT2D eigenvalue weighted by atomic mass is 16.6. The van der Waals surface area contributed by atoms with Crippen LogP contribution in [-0.4, -0.2) is 42.2 Å². The molecule has 0 aliphatic rings. The Hall–Kier alpha value is -3.09. The molecule has 0 fully saturated rings. The zero-order valence-corrected chi connectivity index (χ0v) is 17.0. The molecule has 7 heteroatoms. The smallest absolute Gasteiger partial charge is 0.419 e. The van der Waals surface area contributed by atoms with E-state index < -0.39 is 17.7 Å². The molecule has 0 atom stereocenters. The molecule has 0 spiro atoms. The Kier molecular flexibility index (Phi) is 6.28. The highest BCUT2D eigenvalue weighted by Gasteiger charge is 2.32. The maximum absolute atomic E-state index is 12.8. The number of ether oxygens (including phenoxy) is 3. The third kappa shape index (κ3) is 4.08. The number of rotatable bonds is 5. The van der Waals surface area contributed by atoms with Crippen molar-refractivity contribution in [2.24, 2.45) is 0 Å². The minimum absolute atomic E-state index is 0.000645. The monoisotopic (exact) mass is 387 g/mol. The summed E-state index contributed by atoms with van der Waals surface area (Å²) in [6.45, 7) is 8.56. The van der Waals surface area contributed by atoms with Gasteiger partial charge in [-0.2, -0.15) is 0 Å². The maximum atomic E-state index is 12.8. The number of carbonyl (C=O) groups excluding carboxylic acids is 3. The molecule has 150 valence electrons. The standard InChI is InChI=1S/C21H25NO6/c1-7-27-19(24)17-13(2)22(20(25)28-21(3,4)5)15(12-23)18(17)14-10-8-9-11-16(14)26-6/h8-12H,7H2,1-6H3. The number of nitrogens with zero attached hydrogens (tertiary/aromatic N) is 1. The average Bonchev–Trinajstić information content (AvgIpc) is 2.92. The average molecular weight is 387 g/mol. The van der Waals surface area contributed by atoms with Gasteiger partial charge in [0.25, 0.3) is 0 Å². The van der Waals surface area contributed by atoms with Crippen LogP contribution in [0.3, 0.4) is 0 Å². The van der Waals surface area contributed by atoms with Crippen LogP contribution in [0.25, 0.3) is 11.1 Å². The molecule has 0 bridgehead atoms. The Balaban J connectivity index is 2.85. The number of hydrogen-bond acceptors (Lipinski definition) is 6. The molecule has 0 saturated carbocycles. The Bertz CT molecular complexity index is 904. The van der Waals surface area contributed by atoms with E-state index in [-0.39, 0.29) is 29.1 Å². The van der Waals surface area contributed by atoms with Gasteiger partial charge in [0.2, 0.25) is 0 Å². The van der Waals surface area contributed by atoms with Crippen molar-refractivity contribution in [3.05, 3.63) is 41.2 Å². The predicted molar refractivity (Wildman–Crippen MR) is 104 cm³/mol. The van der Waals surface area contributed by atoms with Crippen LogP contribution < -0.4 is 4.74 Å². The van der Waals surface area contributed by atoms with E-state index in [1.54, 1.807) is 58.9 Å². The lowest BCUT2D eigenvalue weighted by molar-refractivity contribution is 0.0522. The topological polar surface area (TPSA) is 83.8 Å². The normalized spacial score (nSPS) is 11.1. The van der Waals surface area contributed by atoms with Gasteiger partial charge in [0.1, 0.15) is 17.0 Å². The summed E-state index contributed by atoms with van der Waals surface area (Å²) in [5, 5.41) is 0. The zero-order chi connectivity index (χ0) is 21.1. The molecule has 2 aromatic rings. The van der Waals surface area contributed by atoms with Crippen LogP contribution in [0, 0.1) is 6.92 Å². The van der Waals surface area contributed by atoms with Gasteiger partial charge in [0, 0.05) is 16.8 Å². The van der Waals surface area contributed by atoms with Crippen molar-refractivity contribution in [3.8, 4) is 16.9 Å². The Morgan fingerprint density at radius 1 is 1.18 bits per heavy atom. The first-order valence-electron chi connectivity index (χ1n) is 8.90. The molecule has 0 saturated heterocycles. The van der Waals surface area contributed by atoms with Crippen molar-refractivity contribution in [1.82, 2.24) is 4.57 Å². The number of methoxy groups -OCH3 is 1. The lowest BCUT2D eigenvalue weighted by atomic mass is 9.99. The molecule has 2 rings (SSSR count). The third-order valence-electron chi connectivity index (χ3n) is 3.99. The number of aromatic nitrogens is 1. The van der Waals surface area contributed by atoms with E-state index >= 15 is 0 Å². The summed E-state index contributed by atoms with van der Waals surface area (Å²) in [4.78, 5) is 37.5. The van der Waals surface area contributed by atoms with Gasteiger partial charge < -0.3 is 14.2 Å². The van der Waals surface area contributed by atoms with E-state index in [4.69, 9.17) is 14.2 Å². The highest BCUT2D eigenvalue weighted by molar-refractivity contribution is 6.06. The summed E-state index contributed by atoms with van der Waals surface area (Å²) >= 11 is 0. The summed E-state index contributed by atoms with van der Waals surface area (Å²) in [7, 11) is 1.49. The molecule has 0 amide bonds. The largest absolute Gasteiger partial charge is 0.496 e. The molecule has 1 aromatic heterocycles. The van der Waals surface area contributed by atoms with E-state index in [0.29, 0.717) is 17.6 Å². The molecule has 0 unspecified atom stereocenters. The molecule has 1 heterocycles. The first kappa shape index (κ1) is 21.2. The van der Waals surface area contributed by atoms with Gasteiger partial charge in [0.15, 0.2) is 6.29 Å². The maximum Gasteiger partial charge on any atom is 0.419 e. The molecular formula is C21H25NO6. The fourth-order valence-electron chi connectivity index (χ4n) is 2.94. The van der Waals surface area contributed by atoms with Crippen LogP contribution in [0.5, 0.6) is 5.75 Å². The SMILES string of the molecule is CCOC(=O)c1c(-c2ccccc2OC)c(C=O)n(C(=O)OC(C)(C)C)c1C. The second-order valence-corrected chi connectivity index (χ2v) is 7.08. The fourth-order valence-corrected chi connectivity index (χ4v) is 2.94. The number of hydrogen-bond donors (Lipinski definition) is 0. The van der Waals surface area contributed by atoms with Gasteiger partial charge >= 0.3 is 12.1 Å². The lowest BCUT2D eigenvalue weighted by Crippen LogP contribution is -2.28. The highest BCUT2D eigenvalue weighted by Crippen LogP contribution is 2.38. The minimum Gasteiger partial charge on any atom is -0.496 e. The molecule has 0 aliphatic carbocycles.